The maximum absolute atomic E-state index is 11.8. The van der Waals surface area contributed by atoms with E-state index in [-0.39, 0.29) is 11.9 Å². The van der Waals surface area contributed by atoms with E-state index in [4.69, 9.17) is 15.2 Å². The molecular weight excluding hydrogens is 220 g/mol. The van der Waals surface area contributed by atoms with Gasteiger partial charge in [0.25, 0.3) is 5.91 Å². The van der Waals surface area contributed by atoms with Gasteiger partial charge in [0.15, 0.2) is 11.5 Å². The van der Waals surface area contributed by atoms with Gasteiger partial charge >= 0.3 is 0 Å². The highest BCUT2D eigenvalue weighted by Crippen LogP contribution is 2.27. The SMILES string of the molecule is COc1ccc(C(=O)N[C@H](C)CN)cc1OC. The summed E-state index contributed by atoms with van der Waals surface area (Å²) in [4.78, 5) is 11.8. The molecule has 0 aromatic heterocycles. The minimum absolute atomic E-state index is 0.0596. The molecule has 17 heavy (non-hydrogen) atoms. The number of ether oxygens (including phenoxy) is 2. The first-order valence-corrected chi connectivity index (χ1v) is 5.35. The third-order valence-corrected chi connectivity index (χ3v) is 2.38. The lowest BCUT2D eigenvalue weighted by atomic mass is 10.1. The van der Waals surface area contributed by atoms with E-state index < -0.39 is 0 Å². The van der Waals surface area contributed by atoms with Gasteiger partial charge in [-0.3, -0.25) is 4.79 Å². The van der Waals surface area contributed by atoms with E-state index in [1.54, 1.807) is 25.3 Å². The zero-order valence-corrected chi connectivity index (χ0v) is 10.3. The second-order valence-corrected chi connectivity index (χ2v) is 3.68. The Morgan fingerprint density at radius 3 is 2.53 bits per heavy atom. The molecule has 0 bridgehead atoms. The van der Waals surface area contributed by atoms with Crippen LogP contribution in [0.3, 0.4) is 0 Å². The average molecular weight is 238 g/mol. The number of carbonyl (C=O) groups excluding carboxylic acids is 1. The molecule has 0 fully saturated rings. The molecule has 1 aromatic rings. The van der Waals surface area contributed by atoms with Gasteiger partial charge < -0.3 is 20.5 Å². The Hall–Kier alpha value is -1.75. The van der Waals surface area contributed by atoms with Crippen LogP contribution in [0.5, 0.6) is 11.5 Å². The van der Waals surface area contributed by atoms with Crippen molar-refractivity contribution in [2.45, 2.75) is 13.0 Å². The Bertz CT molecular complexity index is 393. The molecule has 0 radical (unpaired) electrons. The molecule has 94 valence electrons. The van der Waals surface area contributed by atoms with Crippen molar-refractivity contribution in [2.75, 3.05) is 20.8 Å². The van der Waals surface area contributed by atoms with Gasteiger partial charge in [-0.1, -0.05) is 0 Å². The van der Waals surface area contributed by atoms with E-state index in [1.165, 1.54) is 7.11 Å². The largest absolute Gasteiger partial charge is 0.493 e. The fourth-order valence-electron chi connectivity index (χ4n) is 1.34. The quantitative estimate of drug-likeness (QED) is 0.795. The summed E-state index contributed by atoms with van der Waals surface area (Å²) in [6.07, 6.45) is 0. The third kappa shape index (κ3) is 3.35. The molecule has 0 aliphatic carbocycles. The molecule has 1 amide bonds. The molecule has 1 rings (SSSR count). The summed E-state index contributed by atoms with van der Waals surface area (Å²) in [6.45, 7) is 2.25. The summed E-state index contributed by atoms with van der Waals surface area (Å²) < 4.78 is 10.2. The van der Waals surface area contributed by atoms with E-state index in [9.17, 15) is 4.79 Å². The number of carbonyl (C=O) groups is 1. The van der Waals surface area contributed by atoms with Crippen LogP contribution in [0.15, 0.2) is 18.2 Å². The highest BCUT2D eigenvalue weighted by molar-refractivity contribution is 5.95. The van der Waals surface area contributed by atoms with Crippen LogP contribution in [0.4, 0.5) is 0 Å². The van der Waals surface area contributed by atoms with Crippen molar-refractivity contribution in [3.8, 4) is 11.5 Å². The first kappa shape index (κ1) is 13.3. The topological polar surface area (TPSA) is 73.6 Å². The Morgan fingerprint density at radius 1 is 1.35 bits per heavy atom. The highest BCUT2D eigenvalue weighted by atomic mass is 16.5. The molecule has 1 atom stereocenters. The fourth-order valence-corrected chi connectivity index (χ4v) is 1.34. The molecule has 0 unspecified atom stereocenters. The predicted molar refractivity (Wildman–Crippen MR) is 65.5 cm³/mol. The lowest BCUT2D eigenvalue weighted by Crippen LogP contribution is -2.37. The van der Waals surface area contributed by atoms with Crippen molar-refractivity contribution in [1.82, 2.24) is 5.32 Å². The Labute approximate surface area is 101 Å². The van der Waals surface area contributed by atoms with E-state index in [2.05, 4.69) is 5.32 Å². The van der Waals surface area contributed by atoms with Crippen molar-refractivity contribution >= 4 is 5.91 Å². The molecule has 5 nitrogen and oxygen atoms in total. The Balaban J connectivity index is 2.88. The number of nitrogens with one attached hydrogen (secondary N) is 1. The van der Waals surface area contributed by atoms with Gasteiger partial charge in [-0.2, -0.15) is 0 Å². The second-order valence-electron chi connectivity index (χ2n) is 3.68. The van der Waals surface area contributed by atoms with E-state index in [1.807, 2.05) is 6.92 Å². The molecule has 1 aromatic carbocycles. The van der Waals surface area contributed by atoms with Crippen molar-refractivity contribution in [3.05, 3.63) is 23.8 Å². The monoisotopic (exact) mass is 238 g/mol. The smallest absolute Gasteiger partial charge is 0.251 e. The van der Waals surface area contributed by atoms with Crippen LogP contribution in [0.2, 0.25) is 0 Å². The van der Waals surface area contributed by atoms with Gasteiger partial charge in [-0.25, -0.2) is 0 Å². The highest BCUT2D eigenvalue weighted by Gasteiger charge is 2.12. The molecule has 0 heterocycles. The van der Waals surface area contributed by atoms with Crippen LogP contribution >= 0.6 is 0 Å². The molecule has 0 saturated heterocycles. The molecule has 0 saturated carbocycles. The van der Waals surface area contributed by atoms with Gasteiger partial charge in [-0.05, 0) is 25.1 Å². The van der Waals surface area contributed by atoms with Crippen LogP contribution in [0.25, 0.3) is 0 Å². The number of rotatable bonds is 5. The summed E-state index contributed by atoms with van der Waals surface area (Å²) in [5.41, 5.74) is 5.96. The molecule has 0 aliphatic rings. The average Bonchev–Trinajstić information content (AvgIpc) is 2.37. The summed E-state index contributed by atoms with van der Waals surface area (Å²) in [5, 5.41) is 2.77. The second kappa shape index (κ2) is 6.10. The predicted octanol–water partition coefficient (Wildman–Crippen LogP) is 0.781. The van der Waals surface area contributed by atoms with Crippen molar-refractivity contribution in [2.24, 2.45) is 5.73 Å². The van der Waals surface area contributed by atoms with Gasteiger partial charge in [0.1, 0.15) is 0 Å². The van der Waals surface area contributed by atoms with Crippen LogP contribution in [-0.4, -0.2) is 32.7 Å². The Kier molecular flexibility index (Phi) is 4.78. The third-order valence-electron chi connectivity index (χ3n) is 2.38. The van der Waals surface area contributed by atoms with Crippen LogP contribution < -0.4 is 20.5 Å². The molecule has 3 N–H and O–H groups in total. The summed E-state index contributed by atoms with van der Waals surface area (Å²) in [7, 11) is 3.08. The standard InChI is InChI=1S/C12H18N2O3/c1-8(7-13)14-12(15)9-4-5-10(16-2)11(6-9)17-3/h4-6,8H,7,13H2,1-3H3,(H,14,15)/t8-/m1/s1. The first-order valence-electron chi connectivity index (χ1n) is 5.35. The normalized spacial score (nSPS) is 11.8. The minimum Gasteiger partial charge on any atom is -0.493 e. The first-order chi connectivity index (χ1) is 8.12. The fraction of sp³-hybridized carbons (Fsp3) is 0.417. The van der Waals surface area contributed by atoms with Crippen molar-refractivity contribution < 1.29 is 14.3 Å². The molecular formula is C12H18N2O3. The van der Waals surface area contributed by atoms with Gasteiger partial charge in [0.05, 0.1) is 14.2 Å². The molecule has 0 spiro atoms. The number of hydrogen-bond donors (Lipinski definition) is 2. The molecule has 0 aliphatic heterocycles. The van der Waals surface area contributed by atoms with Crippen molar-refractivity contribution in [1.29, 1.82) is 0 Å². The van der Waals surface area contributed by atoms with Gasteiger partial charge in [0.2, 0.25) is 0 Å². The lowest BCUT2D eigenvalue weighted by molar-refractivity contribution is 0.0941. The number of hydrogen-bond acceptors (Lipinski definition) is 4. The van der Waals surface area contributed by atoms with Gasteiger partial charge in [0, 0.05) is 18.2 Å². The van der Waals surface area contributed by atoms with Crippen LogP contribution in [-0.2, 0) is 0 Å². The summed E-state index contributed by atoms with van der Waals surface area (Å²) in [5.74, 6) is 0.945. The number of amides is 1. The maximum atomic E-state index is 11.8. The zero-order valence-electron chi connectivity index (χ0n) is 10.3. The minimum atomic E-state index is -0.177. The number of benzene rings is 1. The lowest BCUT2D eigenvalue weighted by Gasteiger charge is -2.13. The van der Waals surface area contributed by atoms with E-state index in [0.717, 1.165) is 0 Å². The number of methoxy groups -OCH3 is 2. The van der Waals surface area contributed by atoms with Crippen LogP contribution in [0, 0.1) is 0 Å². The zero-order chi connectivity index (χ0) is 12.8. The van der Waals surface area contributed by atoms with E-state index >= 15 is 0 Å². The van der Waals surface area contributed by atoms with Gasteiger partial charge in [-0.15, -0.1) is 0 Å². The molecule has 5 heteroatoms. The van der Waals surface area contributed by atoms with E-state index in [0.29, 0.717) is 23.6 Å². The van der Waals surface area contributed by atoms with Crippen LogP contribution in [0.1, 0.15) is 17.3 Å². The summed E-state index contributed by atoms with van der Waals surface area (Å²) >= 11 is 0. The Morgan fingerprint density at radius 2 is 2.00 bits per heavy atom. The summed E-state index contributed by atoms with van der Waals surface area (Å²) in [6, 6.07) is 4.95. The van der Waals surface area contributed by atoms with Crippen molar-refractivity contribution in [3.63, 3.8) is 0 Å². The maximum Gasteiger partial charge on any atom is 0.251 e. The number of nitrogens with two attached hydrogens (primary N) is 1.